The molecule has 1 N–H and O–H groups in total. The summed E-state index contributed by atoms with van der Waals surface area (Å²) in [6.07, 6.45) is -4.50. The van der Waals surface area contributed by atoms with Gasteiger partial charge in [0.25, 0.3) is 5.91 Å². The Kier molecular flexibility index (Phi) is 5.85. The van der Waals surface area contributed by atoms with Crippen molar-refractivity contribution >= 4 is 17.5 Å². The maximum absolute atomic E-state index is 13.2. The number of fused-ring (bicyclic) bond motifs is 1. The third-order valence-corrected chi connectivity index (χ3v) is 5.16. The van der Waals surface area contributed by atoms with E-state index in [1.54, 1.807) is 12.1 Å². The van der Waals surface area contributed by atoms with Gasteiger partial charge in [0, 0.05) is 24.2 Å². The number of rotatable bonds is 6. The van der Waals surface area contributed by atoms with E-state index in [0.717, 1.165) is 23.3 Å². The first-order chi connectivity index (χ1) is 15.3. The summed E-state index contributed by atoms with van der Waals surface area (Å²) >= 11 is 0. The summed E-state index contributed by atoms with van der Waals surface area (Å²) in [5, 5.41) is 2.71. The minimum atomic E-state index is -4.79. The Morgan fingerprint density at radius 3 is 2.28 bits per heavy atom. The molecule has 0 bridgehead atoms. The van der Waals surface area contributed by atoms with Crippen LogP contribution < -0.4 is 10.1 Å². The van der Waals surface area contributed by atoms with Gasteiger partial charge in [0.05, 0.1) is 0 Å². The predicted octanol–water partition coefficient (Wildman–Crippen LogP) is 4.79. The summed E-state index contributed by atoms with van der Waals surface area (Å²) in [5.41, 5.74) is 2.58. The molecular formula is C24H19F3N2O3. The van der Waals surface area contributed by atoms with Gasteiger partial charge < -0.3 is 15.0 Å². The summed E-state index contributed by atoms with van der Waals surface area (Å²) in [6.45, 7) is 0.304. The zero-order chi connectivity index (χ0) is 22.7. The second-order valence-electron chi connectivity index (χ2n) is 7.36. The highest BCUT2D eigenvalue weighted by Gasteiger charge is 2.36. The number of anilines is 1. The van der Waals surface area contributed by atoms with Gasteiger partial charge in [-0.05, 0) is 41.5 Å². The van der Waals surface area contributed by atoms with Crippen molar-refractivity contribution < 1.29 is 27.5 Å². The van der Waals surface area contributed by atoms with Gasteiger partial charge in [0.15, 0.2) is 0 Å². The molecule has 5 nitrogen and oxygen atoms in total. The Hall–Kier alpha value is -3.81. The minimum Gasteiger partial charge on any atom is -0.406 e. The molecule has 8 heteroatoms. The number of nitrogens with zero attached hydrogens (tertiary/aromatic N) is 1. The first-order valence-corrected chi connectivity index (χ1v) is 9.89. The van der Waals surface area contributed by atoms with Gasteiger partial charge in [-0.3, -0.25) is 9.59 Å². The molecule has 3 aromatic carbocycles. The number of halogens is 3. The molecule has 0 fully saturated rings. The lowest BCUT2D eigenvalue weighted by Crippen LogP contribution is -2.45. The van der Waals surface area contributed by atoms with Gasteiger partial charge in [0.2, 0.25) is 5.91 Å². The monoisotopic (exact) mass is 440 g/mol. The highest BCUT2D eigenvalue weighted by Crippen LogP contribution is 2.27. The standard InChI is InChI=1S/C24H19F3N2O3/c25-24(26,27)32-19-12-10-18(11-13-19)28-22(30)21(14-16-6-2-1-3-7-16)29-15-17-8-4-5-9-20(17)23(29)31/h1-13,21H,14-15H2,(H,28,30)/t21-/m0/s1. The number of hydrogen-bond donors (Lipinski definition) is 1. The Morgan fingerprint density at radius 1 is 0.969 bits per heavy atom. The van der Waals surface area contributed by atoms with Crippen LogP contribution >= 0.6 is 0 Å². The van der Waals surface area contributed by atoms with Gasteiger partial charge in [0.1, 0.15) is 11.8 Å². The Labute approximate surface area is 182 Å². The average Bonchev–Trinajstić information content (AvgIpc) is 3.09. The van der Waals surface area contributed by atoms with Crippen molar-refractivity contribution in [3.8, 4) is 5.75 Å². The number of ether oxygens (including phenoxy) is 1. The molecule has 32 heavy (non-hydrogen) atoms. The molecule has 1 atom stereocenters. The minimum absolute atomic E-state index is 0.231. The Bertz CT molecular complexity index is 1120. The van der Waals surface area contributed by atoms with Crippen molar-refractivity contribution in [2.45, 2.75) is 25.4 Å². The van der Waals surface area contributed by atoms with Crippen molar-refractivity contribution in [3.05, 3.63) is 95.6 Å². The Balaban J connectivity index is 1.55. The largest absolute Gasteiger partial charge is 0.573 e. The highest BCUT2D eigenvalue weighted by atomic mass is 19.4. The lowest BCUT2D eigenvalue weighted by Gasteiger charge is -2.27. The predicted molar refractivity (Wildman–Crippen MR) is 112 cm³/mol. The molecule has 1 aliphatic heterocycles. The number of carbonyl (C=O) groups is 2. The van der Waals surface area contributed by atoms with Crippen molar-refractivity contribution in [2.24, 2.45) is 0 Å². The van der Waals surface area contributed by atoms with Gasteiger partial charge in [-0.1, -0.05) is 48.5 Å². The fourth-order valence-electron chi connectivity index (χ4n) is 3.68. The molecule has 0 saturated carbocycles. The molecule has 4 rings (SSSR count). The van der Waals surface area contributed by atoms with Crippen LogP contribution in [-0.2, 0) is 17.8 Å². The fraction of sp³-hybridized carbons (Fsp3) is 0.167. The molecule has 0 saturated heterocycles. The Morgan fingerprint density at radius 2 is 1.62 bits per heavy atom. The molecule has 2 amide bonds. The SMILES string of the molecule is O=C(Nc1ccc(OC(F)(F)F)cc1)[C@H](Cc1ccccc1)N1Cc2ccccc2C1=O. The topological polar surface area (TPSA) is 58.6 Å². The summed E-state index contributed by atoms with van der Waals surface area (Å²) in [6, 6.07) is 20.6. The van der Waals surface area contributed by atoms with E-state index in [1.807, 2.05) is 42.5 Å². The maximum atomic E-state index is 13.2. The van der Waals surface area contributed by atoms with E-state index < -0.39 is 18.3 Å². The second kappa shape index (κ2) is 8.74. The van der Waals surface area contributed by atoms with Crippen molar-refractivity contribution in [3.63, 3.8) is 0 Å². The number of amides is 2. The first-order valence-electron chi connectivity index (χ1n) is 9.89. The van der Waals surface area contributed by atoms with E-state index in [-0.39, 0.29) is 11.7 Å². The molecule has 164 valence electrons. The quantitative estimate of drug-likeness (QED) is 0.600. The maximum Gasteiger partial charge on any atom is 0.573 e. The molecule has 3 aromatic rings. The number of carbonyl (C=O) groups excluding carboxylic acids is 2. The molecule has 1 aliphatic rings. The molecule has 0 radical (unpaired) electrons. The van der Waals surface area contributed by atoms with E-state index >= 15 is 0 Å². The number of hydrogen-bond acceptors (Lipinski definition) is 3. The van der Waals surface area contributed by atoms with Crippen molar-refractivity contribution in [2.75, 3.05) is 5.32 Å². The smallest absolute Gasteiger partial charge is 0.406 e. The highest BCUT2D eigenvalue weighted by molar-refractivity contribution is 6.03. The van der Waals surface area contributed by atoms with Crippen LogP contribution in [0.25, 0.3) is 0 Å². The third-order valence-electron chi connectivity index (χ3n) is 5.16. The van der Waals surface area contributed by atoms with Crippen LogP contribution in [-0.4, -0.2) is 29.1 Å². The van der Waals surface area contributed by atoms with Crippen LogP contribution in [0, 0.1) is 0 Å². The van der Waals surface area contributed by atoms with Gasteiger partial charge in [-0.15, -0.1) is 13.2 Å². The molecular weight excluding hydrogens is 421 g/mol. The fourth-order valence-corrected chi connectivity index (χ4v) is 3.68. The molecule has 1 heterocycles. The molecule has 0 aromatic heterocycles. The zero-order valence-electron chi connectivity index (χ0n) is 16.8. The first kappa shape index (κ1) is 21.4. The second-order valence-corrected chi connectivity index (χ2v) is 7.36. The van der Waals surface area contributed by atoms with Crippen LogP contribution in [0.4, 0.5) is 18.9 Å². The third kappa shape index (κ3) is 4.91. The van der Waals surface area contributed by atoms with Gasteiger partial charge in [-0.25, -0.2) is 0 Å². The van der Waals surface area contributed by atoms with Crippen LogP contribution in [0.1, 0.15) is 21.5 Å². The lowest BCUT2D eigenvalue weighted by molar-refractivity contribution is -0.274. The van der Waals surface area contributed by atoms with E-state index in [0.29, 0.717) is 24.2 Å². The summed E-state index contributed by atoms with van der Waals surface area (Å²) in [7, 11) is 0. The molecule has 0 aliphatic carbocycles. The van der Waals surface area contributed by atoms with Crippen LogP contribution in [0.15, 0.2) is 78.9 Å². The summed E-state index contributed by atoms with van der Waals surface area (Å²) in [4.78, 5) is 27.7. The lowest BCUT2D eigenvalue weighted by atomic mass is 10.0. The van der Waals surface area contributed by atoms with Crippen molar-refractivity contribution in [1.82, 2.24) is 4.90 Å². The van der Waals surface area contributed by atoms with Crippen molar-refractivity contribution in [1.29, 1.82) is 0 Å². The number of nitrogens with one attached hydrogen (secondary N) is 1. The average molecular weight is 440 g/mol. The van der Waals surface area contributed by atoms with E-state index in [4.69, 9.17) is 0 Å². The molecule has 0 unspecified atom stereocenters. The number of alkyl halides is 3. The summed E-state index contributed by atoms with van der Waals surface area (Å²) < 4.78 is 40.9. The van der Waals surface area contributed by atoms with Gasteiger partial charge >= 0.3 is 6.36 Å². The zero-order valence-corrected chi connectivity index (χ0v) is 16.8. The van der Waals surface area contributed by atoms with E-state index in [1.165, 1.54) is 17.0 Å². The van der Waals surface area contributed by atoms with E-state index in [2.05, 4.69) is 10.1 Å². The van der Waals surface area contributed by atoms with Crippen LogP contribution in [0.3, 0.4) is 0 Å². The molecule has 0 spiro atoms. The van der Waals surface area contributed by atoms with Crippen LogP contribution in [0.5, 0.6) is 5.75 Å². The van der Waals surface area contributed by atoms with Crippen LogP contribution in [0.2, 0.25) is 0 Å². The number of benzene rings is 3. The summed E-state index contributed by atoms with van der Waals surface area (Å²) in [5.74, 6) is -1.05. The van der Waals surface area contributed by atoms with E-state index in [9.17, 15) is 22.8 Å². The normalized spacial score (nSPS) is 14.1. The van der Waals surface area contributed by atoms with Gasteiger partial charge in [-0.2, -0.15) is 0 Å².